The first kappa shape index (κ1) is 21.1. The molecule has 0 aliphatic heterocycles. The van der Waals surface area contributed by atoms with Gasteiger partial charge in [0.1, 0.15) is 18.2 Å². The molecule has 0 aliphatic carbocycles. The molecular weight excluding hydrogens is 385 g/mol. The summed E-state index contributed by atoms with van der Waals surface area (Å²) in [5.74, 6) is 0.558. The highest BCUT2D eigenvalue weighted by molar-refractivity contribution is 5.87. The lowest BCUT2D eigenvalue weighted by atomic mass is 10.0. The van der Waals surface area contributed by atoms with Gasteiger partial charge in [0.2, 0.25) is 0 Å². The fourth-order valence-electron chi connectivity index (χ4n) is 3.81. The summed E-state index contributed by atoms with van der Waals surface area (Å²) in [5.41, 5.74) is 3.03. The Hall–Kier alpha value is -3.17. The van der Waals surface area contributed by atoms with Crippen LogP contribution in [0, 0.1) is 5.82 Å². The van der Waals surface area contributed by atoms with Gasteiger partial charge in [0.05, 0.1) is 0 Å². The van der Waals surface area contributed by atoms with Crippen LogP contribution in [0.5, 0.6) is 5.75 Å². The van der Waals surface area contributed by atoms with Crippen LogP contribution < -0.4 is 10.1 Å². The van der Waals surface area contributed by atoms with Gasteiger partial charge in [0.25, 0.3) is 0 Å². The maximum Gasteiger partial charge on any atom is 0.129 e. The highest BCUT2D eigenvalue weighted by atomic mass is 19.1. The minimum Gasteiger partial charge on any atom is -0.488 e. The van der Waals surface area contributed by atoms with Gasteiger partial charge in [-0.2, -0.15) is 0 Å². The lowest BCUT2D eigenvalue weighted by Gasteiger charge is -2.18. The molecule has 0 bridgehead atoms. The number of hydrogen-bond acceptors (Lipinski definition) is 2. The maximum absolute atomic E-state index is 14.0. The Morgan fingerprint density at radius 1 is 0.839 bits per heavy atom. The van der Waals surface area contributed by atoms with E-state index in [4.69, 9.17) is 4.74 Å². The number of aryl methyl sites for hydroxylation is 1. The van der Waals surface area contributed by atoms with E-state index in [-0.39, 0.29) is 12.4 Å². The summed E-state index contributed by atoms with van der Waals surface area (Å²) < 4.78 is 20.1. The fraction of sp³-hybridized carbons (Fsp3) is 0.214. The van der Waals surface area contributed by atoms with Crippen LogP contribution in [0.1, 0.15) is 30.0 Å². The molecule has 0 fully saturated rings. The Labute approximate surface area is 183 Å². The molecule has 4 aromatic rings. The lowest BCUT2D eigenvalue weighted by molar-refractivity contribution is 0.296. The summed E-state index contributed by atoms with van der Waals surface area (Å²) in [7, 11) is 0. The number of hydrogen-bond donors (Lipinski definition) is 1. The second-order valence-electron chi connectivity index (χ2n) is 7.95. The summed E-state index contributed by atoms with van der Waals surface area (Å²) in [4.78, 5) is 0. The molecule has 0 heterocycles. The van der Waals surface area contributed by atoms with E-state index in [1.807, 2.05) is 24.3 Å². The van der Waals surface area contributed by atoms with Crippen LogP contribution in [0.3, 0.4) is 0 Å². The average molecular weight is 414 g/mol. The smallest absolute Gasteiger partial charge is 0.129 e. The summed E-state index contributed by atoms with van der Waals surface area (Å²) in [5, 5.41) is 6.00. The van der Waals surface area contributed by atoms with Gasteiger partial charge in [-0.25, -0.2) is 4.39 Å². The van der Waals surface area contributed by atoms with Crippen LogP contribution in [-0.2, 0) is 19.6 Å². The van der Waals surface area contributed by atoms with Crippen LogP contribution in [0.4, 0.5) is 4.39 Å². The van der Waals surface area contributed by atoms with Crippen molar-refractivity contribution < 1.29 is 9.13 Å². The number of halogens is 1. The van der Waals surface area contributed by atoms with Gasteiger partial charge in [-0.15, -0.1) is 0 Å². The van der Waals surface area contributed by atoms with E-state index in [0.29, 0.717) is 18.2 Å². The SMILES string of the molecule is CC(CCc1ccccc1)NCc1c(OCc2ccccc2F)ccc2ccccc12. The lowest BCUT2D eigenvalue weighted by Crippen LogP contribution is -2.26. The van der Waals surface area contributed by atoms with Crippen LogP contribution in [0.15, 0.2) is 91.0 Å². The number of fused-ring (bicyclic) bond motifs is 1. The predicted octanol–water partition coefficient (Wildman–Crippen LogP) is 6.67. The Kier molecular flexibility index (Phi) is 6.96. The molecule has 0 radical (unpaired) electrons. The average Bonchev–Trinajstić information content (AvgIpc) is 2.81. The van der Waals surface area contributed by atoms with E-state index in [1.165, 1.54) is 17.0 Å². The Balaban J connectivity index is 1.48. The van der Waals surface area contributed by atoms with E-state index in [1.54, 1.807) is 12.1 Å². The van der Waals surface area contributed by atoms with Crippen molar-refractivity contribution in [2.75, 3.05) is 0 Å². The number of benzene rings is 4. The number of ether oxygens (including phenoxy) is 1. The zero-order chi connectivity index (χ0) is 21.5. The minimum atomic E-state index is -0.238. The van der Waals surface area contributed by atoms with Gasteiger partial charge in [0.15, 0.2) is 0 Å². The molecule has 0 aromatic heterocycles. The first-order chi connectivity index (χ1) is 15.2. The zero-order valence-corrected chi connectivity index (χ0v) is 17.9. The molecule has 158 valence electrons. The summed E-state index contributed by atoms with van der Waals surface area (Å²) in [6.07, 6.45) is 2.10. The van der Waals surface area contributed by atoms with Crippen LogP contribution in [0.2, 0.25) is 0 Å². The molecule has 0 amide bonds. The van der Waals surface area contributed by atoms with Crippen molar-refractivity contribution >= 4 is 10.8 Å². The molecule has 0 aliphatic rings. The van der Waals surface area contributed by atoms with Gasteiger partial charge < -0.3 is 10.1 Å². The van der Waals surface area contributed by atoms with Crippen LogP contribution in [0.25, 0.3) is 10.8 Å². The molecule has 0 saturated heterocycles. The van der Waals surface area contributed by atoms with Crippen molar-refractivity contribution in [3.63, 3.8) is 0 Å². The van der Waals surface area contributed by atoms with Gasteiger partial charge in [-0.1, -0.05) is 78.9 Å². The van der Waals surface area contributed by atoms with E-state index >= 15 is 0 Å². The van der Waals surface area contributed by atoms with Crippen LogP contribution >= 0.6 is 0 Å². The van der Waals surface area contributed by atoms with Gasteiger partial charge >= 0.3 is 0 Å². The molecule has 31 heavy (non-hydrogen) atoms. The molecule has 0 spiro atoms. The molecular formula is C28H28FNO. The Bertz CT molecular complexity index is 1130. The normalized spacial score (nSPS) is 12.1. The first-order valence-electron chi connectivity index (χ1n) is 10.8. The van der Waals surface area contributed by atoms with E-state index in [9.17, 15) is 4.39 Å². The Morgan fingerprint density at radius 2 is 1.58 bits per heavy atom. The third-order valence-corrected chi connectivity index (χ3v) is 5.67. The van der Waals surface area contributed by atoms with Crippen molar-refractivity contribution in [2.45, 2.75) is 39.0 Å². The highest BCUT2D eigenvalue weighted by Gasteiger charge is 2.12. The quantitative estimate of drug-likeness (QED) is 0.331. The topological polar surface area (TPSA) is 21.3 Å². The maximum atomic E-state index is 14.0. The monoisotopic (exact) mass is 413 g/mol. The summed E-state index contributed by atoms with van der Waals surface area (Å²) in [6, 6.07) is 30.1. The molecule has 4 aromatic carbocycles. The van der Waals surface area contributed by atoms with E-state index < -0.39 is 0 Å². The molecule has 3 heteroatoms. The molecule has 0 saturated carbocycles. The second-order valence-corrected chi connectivity index (χ2v) is 7.95. The number of nitrogens with one attached hydrogen (secondary N) is 1. The highest BCUT2D eigenvalue weighted by Crippen LogP contribution is 2.29. The molecule has 1 N–H and O–H groups in total. The van der Waals surface area contributed by atoms with E-state index in [0.717, 1.165) is 29.5 Å². The second kappa shape index (κ2) is 10.2. The summed E-state index contributed by atoms with van der Waals surface area (Å²) >= 11 is 0. The van der Waals surface area contributed by atoms with Crippen molar-refractivity contribution in [3.05, 3.63) is 114 Å². The van der Waals surface area contributed by atoms with E-state index in [2.05, 4.69) is 60.8 Å². The number of rotatable bonds is 9. The predicted molar refractivity (Wildman–Crippen MR) is 126 cm³/mol. The minimum absolute atomic E-state index is 0.210. The van der Waals surface area contributed by atoms with Crippen molar-refractivity contribution in [3.8, 4) is 5.75 Å². The molecule has 1 atom stereocenters. The molecule has 2 nitrogen and oxygen atoms in total. The van der Waals surface area contributed by atoms with Crippen molar-refractivity contribution in [2.24, 2.45) is 0 Å². The van der Waals surface area contributed by atoms with Gasteiger partial charge in [-0.3, -0.25) is 0 Å². The Morgan fingerprint density at radius 3 is 2.42 bits per heavy atom. The standard InChI is InChI=1S/C28H28FNO/c1-21(15-16-22-9-3-2-4-10-22)30-19-26-25-13-7-5-11-23(25)17-18-28(26)31-20-24-12-6-8-14-27(24)29/h2-14,17-18,21,30H,15-16,19-20H2,1H3. The van der Waals surface area contributed by atoms with Crippen LogP contribution in [-0.4, -0.2) is 6.04 Å². The molecule has 1 unspecified atom stereocenters. The summed E-state index contributed by atoms with van der Waals surface area (Å²) in [6.45, 7) is 3.12. The largest absolute Gasteiger partial charge is 0.488 e. The van der Waals surface area contributed by atoms with Gasteiger partial charge in [-0.05, 0) is 48.2 Å². The third-order valence-electron chi connectivity index (χ3n) is 5.67. The zero-order valence-electron chi connectivity index (χ0n) is 17.9. The van der Waals surface area contributed by atoms with Crippen molar-refractivity contribution in [1.29, 1.82) is 0 Å². The van der Waals surface area contributed by atoms with Gasteiger partial charge in [0, 0.05) is 23.7 Å². The molecule has 4 rings (SSSR count). The third kappa shape index (κ3) is 5.50. The fourth-order valence-corrected chi connectivity index (χ4v) is 3.81. The first-order valence-corrected chi connectivity index (χ1v) is 10.8. The van der Waals surface area contributed by atoms with Crippen molar-refractivity contribution in [1.82, 2.24) is 5.32 Å².